The van der Waals surface area contributed by atoms with Crippen molar-refractivity contribution in [3.05, 3.63) is 0 Å². The van der Waals surface area contributed by atoms with E-state index in [-0.39, 0.29) is 30.2 Å². The molecule has 1 rings (SSSR count). The molecule has 0 aromatic heterocycles. The number of amides is 3. The quantitative estimate of drug-likeness (QED) is 0.713. The normalized spacial score (nSPS) is 23.4. The third-order valence-corrected chi connectivity index (χ3v) is 5.74. The Morgan fingerprint density at radius 2 is 1.72 bits per heavy atom. The molecule has 2 unspecified atom stereocenters. The molecule has 0 aromatic carbocycles. The van der Waals surface area contributed by atoms with Crippen LogP contribution in [-0.2, 0) is 14.4 Å². The summed E-state index contributed by atoms with van der Waals surface area (Å²) in [7, 11) is 0. The molecule has 1 aliphatic heterocycles. The molecule has 0 aliphatic carbocycles. The highest BCUT2D eigenvalue weighted by atomic mass is 16.2. The van der Waals surface area contributed by atoms with Gasteiger partial charge < -0.3 is 5.32 Å². The lowest BCUT2D eigenvalue weighted by atomic mass is 9.78. The molecule has 1 saturated heterocycles. The lowest BCUT2D eigenvalue weighted by Crippen LogP contribution is -2.54. The van der Waals surface area contributed by atoms with Gasteiger partial charge in [-0.05, 0) is 39.5 Å². The molecule has 25 heavy (non-hydrogen) atoms. The Morgan fingerprint density at radius 3 is 2.12 bits per heavy atom. The maximum atomic E-state index is 12.8. The van der Waals surface area contributed by atoms with Crippen molar-refractivity contribution in [3.63, 3.8) is 0 Å². The molecular weight excluding hydrogens is 316 g/mol. The zero-order valence-corrected chi connectivity index (χ0v) is 17.4. The van der Waals surface area contributed by atoms with Gasteiger partial charge in [-0.3, -0.25) is 19.3 Å². The van der Waals surface area contributed by atoms with E-state index in [1.807, 2.05) is 48.5 Å². The van der Waals surface area contributed by atoms with Gasteiger partial charge in [0, 0.05) is 23.4 Å². The molecule has 0 bridgehead atoms. The minimum Gasteiger partial charge on any atom is -0.353 e. The summed E-state index contributed by atoms with van der Waals surface area (Å²) in [5.41, 5.74) is -2.01. The second-order valence-corrected chi connectivity index (χ2v) is 9.50. The third-order valence-electron chi connectivity index (χ3n) is 5.74. The number of carbonyl (C=O) groups is 3. The first-order chi connectivity index (χ1) is 11.2. The van der Waals surface area contributed by atoms with E-state index in [2.05, 4.69) is 19.2 Å². The fourth-order valence-electron chi connectivity index (χ4n) is 3.57. The van der Waals surface area contributed by atoms with Crippen LogP contribution in [0.15, 0.2) is 0 Å². The summed E-state index contributed by atoms with van der Waals surface area (Å²) < 4.78 is 0. The fraction of sp³-hybridized carbons (Fsp3) is 0.850. The molecule has 1 N–H and O–H groups in total. The molecule has 0 radical (unpaired) electrons. The van der Waals surface area contributed by atoms with E-state index in [0.717, 1.165) is 0 Å². The number of hydrogen-bond acceptors (Lipinski definition) is 3. The second-order valence-electron chi connectivity index (χ2n) is 9.50. The van der Waals surface area contributed by atoms with Gasteiger partial charge in [0.15, 0.2) is 0 Å². The molecule has 5 heteroatoms. The first kappa shape index (κ1) is 21.7. The van der Waals surface area contributed by atoms with Gasteiger partial charge in [0.05, 0.1) is 5.41 Å². The van der Waals surface area contributed by atoms with Crippen LogP contribution in [0.1, 0.15) is 81.6 Å². The molecule has 2 atom stereocenters. The minimum absolute atomic E-state index is 0.0425. The van der Waals surface area contributed by atoms with Crippen LogP contribution < -0.4 is 5.32 Å². The molecule has 1 fully saturated rings. The summed E-state index contributed by atoms with van der Waals surface area (Å²) in [6.45, 7) is 17.4. The van der Waals surface area contributed by atoms with E-state index >= 15 is 0 Å². The predicted octanol–water partition coefficient (Wildman–Crippen LogP) is 3.52. The van der Waals surface area contributed by atoms with Crippen LogP contribution in [0.5, 0.6) is 0 Å². The first-order valence-electron chi connectivity index (χ1n) is 9.36. The molecule has 0 aromatic rings. The van der Waals surface area contributed by atoms with Crippen molar-refractivity contribution >= 4 is 17.7 Å². The van der Waals surface area contributed by atoms with E-state index in [1.165, 1.54) is 4.90 Å². The standard InChI is InChI=1S/C20H36N2O3/c1-10-20(9)11-15(23)22(17(20)25)19(7,8)12-18(5,6)16(24)21-14(4)13(2)3/h13-14H,10-12H2,1-9H3,(H,21,24). The van der Waals surface area contributed by atoms with Crippen molar-refractivity contribution in [2.24, 2.45) is 16.7 Å². The van der Waals surface area contributed by atoms with E-state index in [4.69, 9.17) is 0 Å². The smallest absolute Gasteiger partial charge is 0.236 e. The van der Waals surface area contributed by atoms with Crippen LogP contribution in [0.25, 0.3) is 0 Å². The van der Waals surface area contributed by atoms with Crippen molar-refractivity contribution in [3.8, 4) is 0 Å². The van der Waals surface area contributed by atoms with Gasteiger partial charge in [-0.2, -0.15) is 0 Å². The van der Waals surface area contributed by atoms with Crippen LogP contribution in [0.4, 0.5) is 0 Å². The maximum absolute atomic E-state index is 12.8. The molecule has 0 spiro atoms. The lowest BCUT2D eigenvalue weighted by Gasteiger charge is -2.40. The van der Waals surface area contributed by atoms with Gasteiger partial charge in [0.2, 0.25) is 17.7 Å². The highest BCUT2D eigenvalue weighted by Crippen LogP contribution is 2.42. The van der Waals surface area contributed by atoms with Gasteiger partial charge in [-0.15, -0.1) is 0 Å². The largest absolute Gasteiger partial charge is 0.353 e. The summed E-state index contributed by atoms with van der Waals surface area (Å²) in [6.07, 6.45) is 1.32. The highest BCUT2D eigenvalue weighted by molar-refractivity contribution is 6.06. The number of nitrogens with zero attached hydrogens (tertiary/aromatic N) is 1. The molecule has 3 amide bonds. The van der Waals surface area contributed by atoms with E-state index in [1.54, 1.807) is 0 Å². The third kappa shape index (κ3) is 4.42. The average molecular weight is 353 g/mol. The summed E-state index contributed by atoms with van der Waals surface area (Å²) >= 11 is 0. The average Bonchev–Trinajstić information content (AvgIpc) is 2.68. The Bertz CT molecular complexity index is 551. The van der Waals surface area contributed by atoms with Crippen LogP contribution >= 0.6 is 0 Å². The Kier molecular flexibility index (Phi) is 6.13. The SMILES string of the molecule is CCC1(C)CC(=O)N(C(C)(C)CC(C)(C)C(=O)NC(C)C(C)C)C1=O. The highest BCUT2D eigenvalue weighted by Gasteiger charge is 2.53. The number of imide groups is 1. The van der Waals surface area contributed by atoms with Crippen molar-refractivity contribution in [2.75, 3.05) is 0 Å². The van der Waals surface area contributed by atoms with Crippen LogP contribution in [0.2, 0.25) is 0 Å². The van der Waals surface area contributed by atoms with E-state index in [9.17, 15) is 14.4 Å². The van der Waals surface area contributed by atoms with Gasteiger partial charge in [-0.1, -0.05) is 41.5 Å². The summed E-state index contributed by atoms with van der Waals surface area (Å²) in [4.78, 5) is 39.5. The Balaban J connectivity index is 2.97. The van der Waals surface area contributed by atoms with Gasteiger partial charge >= 0.3 is 0 Å². The molecule has 1 aliphatic rings. The summed E-state index contributed by atoms with van der Waals surface area (Å²) in [5, 5.41) is 3.06. The predicted molar refractivity (Wildman–Crippen MR) is 99.8 cm³/mol. The number of hydrogen-bond donors (Lipinski definition) is 1. The second kappa shape index (κ2) is 7.08. The maximum Gasteiger partial charge on any atom is 0.236 e. The summed E-state index contributed by atoms with van der Waals surface area (Å²) in [5.74, 6) is 0.0572. The number of nitrogens with one attached hydrogen (secondary N) is 1. The van der Waals surface area contributed by atoms with Crippen LogP contribution in [0, 0.1) is 16.7 Å². The van der Waals surface area contributed by atoms with E-state index < -0.39 is 16.4 Å². The molecular formula is C20H36N2O3. The zero-order valence-electron chi connectivity index (χ0n) is 17.4. The van der Waals surface area contributed by atoms with Crippen molar-refractivity contribution in [1.82, 2.24) is 10.2 Å². The van der Waals surface area contributed by atoms with Crippen molar-refractivity contribution < 1.29 is 14.4 Å². The first-order valence-corrected chi connectivity index (χ1v) is 9.36. The van der Waals surface area contributed by atoms with Crippen LogP contribution in [0.3, 0.4) is 0 Å². The Morgan fingerprint density at radius 1 is 1.20 bits per heavy atom. The molecule has 0 saturated carbocycles. The minimum atomic E-state index is -0.705. The number of rotatable bonds is 7. The van der Waals surface area contributed by atoms with Gasteiger partial charge in [-0.25, -0.2) is 0 Å². The molecule has 144 valence electrons. The lowest BCUT2D eigenvalue weighted by molar-refractivity contribution is -0.150. The fourth-order valence-corrected chi connectivity index (χ4v) is 3.57. The molecule has 1 heterocycles. The zero-order chi connectivity index (χ0) is 19.8. The number of likely N-dealkylation sites (tertiary alicyclic amines) is 1. The van der Waals surface area contributed by atoms with Gasteiger partial charge in [0.25, 0.3) is 0 Å². The Labute approximate surface area is 152 Å². The van der Waals surface area contributed by atoms with E-state index in [0.29, 0.717) is 18.8 Å². The Hall–Kier alpha value is -1.39. The summed E-state index contributed by atoms with van der Waals surface area (Å²) in [6, 6.07) is 0.0771. The van der Waals surface area contributed by atoms with Gasteiger partial charge in [0.1, 0.15) is 0 Å². The van der Waals surface area contributed by atoms with Crippen LogP contribution in [-0.4, -0.2) is 34.2 Å². The molecule has 5 nitrogen and oxygen atoms in total. The van der Waals surface area contributed by atoms with Crippen molar-refractivity contribution in [2.45, 2.75) is 93.2 Å². The number of carbonyl (C=O) groups excluding carboxylic acids is 3. The van der Waals surface area contributed by atoms with Crippen molar-refractivity contribution in [1.29, 1.82) is 0 Å². The topological polar surface area (TPSA) is 66.5 Å². The monoisotopic (exact) mass is 352 g/mol.